The largest absolute Gasteiger partial charge is 0.347 e. The van der Waals surface area contributed by atoms with Crippen LogP contribution in [0.2, 0.25) is 0 Å². The van der Waals surface area contributed by atoms with Crippen LogP contribution in [0.5, 0.6) is 0 Å². The molecule has 0 spiro atoms. The van der Waals surface area contributed by atoms with Crippen LogP contribution in [-0.2, 0) is 6.54 Å². The van der Waals surface area contributed by atoms with Gasteiger partial charge in [0.05, 0.1) is 6.04 Å². The molecule has 1 heterocycles. The first-order chi connectivity index (χ1) is 8.58. The Balaban J connectivity index is 2.25. The lowest BCUT2D eigenvalue weighted by Gasteiger charge is -2.14. The van der Waals surface area contributed by atoms with Crippen LogP contribution in [0.3, 0.4) is 0 Å². The van der Waals surface area contributed by atoms with E-state index < -0.39 is 23.4 Å². The van der Waals surface area contributed by atoms with E-state index in [2.05, 4.69) is 4.98 Å². The highest BCUT2D eigenvalue weighted by Gasteiger charge is 2.13. The monoisotopic (exact) mass is 251 g/mol. The fourth-order valence-corrected chi connectivity index (χ4v) is 1.64. The summed E-state index contributed by atoms with van der Waals surface area (Å²) in [7, 11) is 0. The Morgan fingerprint density at radius 1 is 1.39 bits per heavy atom. The van der Waals surface area contributed by atoms with Crippen molar-refractivity contribution in [3.8, 4) is 0 Å². The first-order valence-corrected chi connectivity index (χ1v) is 5.30. The number of benzene rings is 1. The first-order valence-electron chi connectivity index (χ1n) is 5.30. The molecule has 0 aliphatic rings. The molecule has 1 atom stereocenters. The van der Waals surface area contributed by atoms with Crippen molar-refractivity contribution in [2.45, 2.75) is 12.6 Å². The maximum Gasteiger partial charge on any atom is 0.347 e. The van der Waals surface area contributed by atoms with Gasteiger partial charge in [-0.05, 0) is 12.1 Å². The lowest BCUT2D eigenvalue weighted by Crippen LogP contribution is -2.28. The molecule has 6 heteroatoms. The standard InChI is InChI=1S/C12H11F2N3O/c13-8-2-3-9(10(14)6-8)11(15)7-17-5-1-4-16-12(17)18/h1-6,11H,7,15H2. The zero-order valence-corrected chi connectivity index (χ0v) is 9.38. The van der Waals surface area contributed by atoms with E-state index in [4.69, 9.17) is 5.73 Å². The smallest absolute Gasteiger partial charge is 0.322 e. The Morgan fingerprint density at radius 3 is 2.83 bits per heavy atom. The van der Waals surface area contributed by atoms with Crippen LogP contribution in [0.15, 0.2) is 41.5 Å². The zero-order valence-electron chi connectivity index (χ0n) is 9.38. The summed E-state index contributed by atoms with van der Waals surface area (Å²) in [6.45, 7) is 0.0786. The van der Waals surface area contributed by atoms with Gasteiger partial charge in [-0.25, -0.2) is 18.6 Å². The Labute approximate surface area is 102 Å². The lowest BCUT2D eigenvalue weighted by molar-refractivity contribution is 0.509. The molecule has 0 saturated carbocycles. The van der Waals surface area contributed by atoms with Crippen molar-refractivity contribution in [3.63, 3.8) is 0 Å². The van der Waals surface area contributed by atoms with Crippen LogP contribution in [0.4, 0.5) is 8.78 Å². The molecule has 1 aromatic carbocycles. The van der Waals surface area contributed by atoms with E-state index in [0.717, 1.165) is 12.1 Å². The highest BCUT2D eigenvalue weighted by molar-refractivity contribution is 5.21. The summed E-state index contributed by atoms with van der Waals surface area (Å²) >= 11 is 0. The van der Waals surface area contributed by atoms with Crippen LogP contribution in [-0.4, -0.2) is 9.55 Å². The predicted molar refractivity (Wildman–Crippen MR) is 61.8 cm³/mol. The van der Waals surface area contributed by atoms with Crippen molar-refractivity contribution in [1.29, 1.82) is 0 Å². The molecule has 1 unspecified atom stereocenters. The normalized spacial score (nSPS) is 12.4. The van der Waals surface area contributed by atoms with Gasteiger partial charge in [-0.2, -0.15) is 0 Å². The predicted octanol–water partition coefficient (Wildman–Crippen LogP) is 1.22. The summed E-state index contributed by atoms with van der Waals surface area (Å²) < 4.78 is 27.5. The Hall–Kier alpha value is -2.08. The highest BCUT2D eigenvalue weighted by Crippen LogP contribution is 2.17. The minimum atomic E-state index is -0.743. The molecule has 0 amide bonds. The Kier molecular flexibility index (Phi) is 3.47. The Morgan fingerprint density at radius 2 is 2.17 bits per heavy atom. The van der Waals surface area contributed by atoms with Crippen molar-refractivity contribution in [2.24, 2.45) is 5.73 Å². The van der Waals surface area contributed by atoms with Crippen molar-refractivity contribution in [2.75, 3.05) is 0 Å². The molecule has 0 fully saturated rings. The minimum absolute atomic E-state index is 0.0786. The summed E-state index contributed by atoms with van der Waals surface area (Å²) in [4.78, 5) is 14.9. The van der Waals surface area contributed by atoms with Crippen molar-refractivity contribution in [1.82, 2.24) is 9.55 Å². The van der Waals surface area contributed by atoms with Gasteiger partial charge in [-0.15, -0.1) is 0 Å². The molecule has 18 heavy (non-hydrogen) atoms. The van der Waals surface area contributed by atoms with Crippen LogP contribution in [0, 0.1) is 11.6 Å². The summed E-state index contributed by atoms with van der Waals surface area (Å²) in [5.74, 6) is -1.39. The zero-order chi connectivity index (χ0) is 13.1. The van der Waals surface area contributed by atoms with Crippen LogP contribution < -0.4 is 11.4 Å². The van der Waals surface area contributed by atoms with Gasteiger partial charge in [0.2, 0.25) is 0 Å². The number of nitrogens with two attached hydrogens (primary N) is 1. The van der Waals surface area contributed by atoms with Gasteiger partial charge in [0.1, 0.15) is 11.6 Å². The molecule has 94 valence electrons. The summed E-state index contributed by atoms with van der Waals surface area (Å²) in [5, 5.41) is 0. The third-order valence-electron chi connectivity index (χ3n) is 2.54. The number of hydrogen-bond acceptors (Lipinski definition) is 3. The van der Waals surface area contributed by atoms with E-state index in [1.54, 1.807) is 6.07 Å². The minimum Gasteiger partial charge on any atom is -0.322 e. The Bertz CT molecular complexity index is 612. The second kappa shape index (κ2) is 5.05. The molecule has 1 aromatic heterocycles. The molecule has 0 aliphatic heterocycles. The number of aromatic nitrogens is 2. The molecular formula is C12H11F2N3O. The number of nitrogens with zero attached hydrogens (tertiary/aromatic N) is 2. The maximum absolute atomic E-state index is 13.5. The second-order valence-electron chi connectivity index (χ2n) is 3.83. The third-order valence-corrected chi connectivity index (χ3v) is 2.54. The second-order valence-corrected chi connectivity index (χ2v) is 3.83. The number of rotatable bonds is 3. The molecular weight excluding hydrogens is 240 g/mol. The van der Waals surface area contributed by atoms with E-state index in [1.807, 2.05) is 0 Å². The van der Waals surface area contributed by atoms with Gasteiger partial charge in [0.25, 0.3) is 0 Å². The van der Waals surface area contributed by atoms with Gasteiger partial charge in [0.15, 0.2) is 0 Å². The SMILES string of the molecule is NC(Cn1cccnc1=O)c1ccc(F)cc1F. The molecule has 0 radical (unpaired) electrons. The van der Waals surface area contributed by atoms with Gasteiger partial charge in [0, 0.05) is 30.6 Å². The van der Waals surface area contributed by atoms with Crippen molar-refractivity contribution in [3.05, 3.63) is 64.3 Å². The summed E-state index contributed by atoms with van der Waals surface area (Å²) in [6, 6.07) is 4.00. The average molecular weight is 251 g/mol. The highest BCUT2D eigenvalue weighted by atomic mass is 19.1. The maximum atomic E-state index is 13.5. The van der Waals surface area contributed by atoms with Crippen molar-refractivity contribution >= 4 is 0 Å². The molecule has 2 rings (SSSR count). The molecule has 2 N–H and O–H groups in total. The van der Waals surface area contributed by atoms with Gasteiger partial charge in [-0.1, -0.05) is 6.07 Å². The van der Waals surface area contributed by atoms with Crippen LogP contribution >= 0.6 is 0 Å². The van der Waals surface area contributed by atoms with Crippen molar-refractivity contribution < 1.29 is 8.78 Å². The lowest BCUT2D eigenvalue weighted by atomic mass is 10.1. The topological polar surface area (TPSA) is 60.9 Å². The van der Waals surface area contributed by atoms with Gasteiger partial charge < -0.3 is 5.73 Å². The first kappa shape index (κ1) is 12.4. The fourth-order valence-electron chi connectivity index (χ4n) is 1.64. The number of hydrogen-bond donors (Lipinski definition) is 1. The number of halogens is 2. The van der Waals surface area contributed by atoms with Gasteiger partial charge >= 0.3 is 5.69 Å². The van der Waals surface area contributed by atoms with Gasteiger partial charge in [-0.3, -0.25) is 4.57 Å². The average Bonchev–Trinajstić information content (AvgIpc) is 2.32. The van der Waals surface area contributed by atoms with E-state index in [-0.39, 0.29) is 12.1 Å². The summed E-state index contributed by atoms with van der Waals surface area (Å²) in [6.07, 6.45) is 2.87. The van der Waals surface area contributed by atoms with E-state index in [1.165, 1.54) is 23.0 Å². The summed E-state index contributed by atoms with van der Waals surface area (Å²) in [5.41, 5.74) is 5.49. The van der Waals surface area contributed by atoms with Crippen LogP contribution in [0.25, 0.3) is 0 Å². The molecule has 0 bridgehead atoms. The van der Waals surface area contributed by atoms with Crippen LogP contribution in [0.1, 0.15) is 11.6 Å². The molecule has 4 nitrogen and oxygen atoms in total. The third kappa shape index (κ3) is 2.60. The molecule has 0 saturated heterocycles. The van der Waals surface area contributed by atoms with E-state index in [9.17, 15) is 13.6 Å². The quantitative estimate of drug-likeness (QED) is 0.892. The van der Waals surface area contributed by atoms with E-state index in [0.29, 0.717) is 0 Å². The molecule has 0 aliphatic carbocycles. The fraction of sp³-hybridized carbons (Fsp3) is 0.167. The molecule has 2 aromatic rings. The van der Waals surface area contributed by atoms with E-state index >= 15 is 0 Å².